The topological polar surface area (TPSA) is 90.9 Å². The Labute approximate surface area is 114 Å². The van der Waals surface area contributed by atoms with Gasteiger partial charge in [0, 0.05) is 18.7 Å². The molecule has 0 amide bonds. The van der Waals surface area contributed by atoms with E-state index < -0.39 is 0 Å². The van der Waals surface area contributed by atoms with Crippen LogP contribution in [0.4, 0.5) is 0 Å². The summed E-state index contributed by atoms with van der Waals surface area (Å²) in [6, 6.07) is 7.43. The molecule has 0 heterocycles. The maximum atomic E-state index is 9.72. The molecule has 0 aliphatic heterocycles. The molecule has 0 aliphatic carbocycles. The van der Waals surface area contributed by atoms with E-state index in [2.05, 4.69) is 24.3 Å². The lowest BCUT2D eigenvalue weighted by Gasteiger charge is -2.13. The molecule has 5 nitrogen and oxygen atoms in total. The molecule has 1 atom stereocenters. The van der Waals surface area contributed by atoms with Crippen molar-refractivity contribution in [1.82, 2.24) is 5.32 Å². The minimum absolute atomic E-state index is 0.104. The number of nitrogens with zero attached hydrogens (tertiary/aromatic N) is 1. The number of aliphatic hydroxyl groups excluding tert-OH is 1. The first-order valence-electron chi connectivity index (χ1n) is 6.48. The van der Waals surface area contributed by atoms with E-state index in [9.17, 15) is 5.11 Å². The van der Waals surface area contributed by atoms with Crippen LogP contribution >= 0.6 is 0 Å². The van der Waals surface area contributed by atoms with Crippen molar-refractivity contribution in [3.63, 3.8) is 0 Å². The molecular weight excluding hydrogens is 242 g/mol. The number of nitrogens with one attached hydrogen (secondary N) is 1. The number of rotatable bonds is 7. The second-order valence-electron chi connectivity index (χ2n) is 5.10. The van der Waals surface area contributed by atoms with E-state index in [1.54, 1.807) is 12.1 Å². The summed E-state index contributed by atoms with van der Waals surface area (Å²) in [5.41, 5.74) is 7.26. The lowest BCUT2D eigenvalue weighted by Crippen LogP contribution is -2.27. The molecule has 1 aromatic rings. The first-order chi connectivity index (χ1) is 9.02. The van der Waals surface area contributed by atoms with Crippen LogP contribution in [0.1, 0.15) is 31.4 Å². The van der Waals surface area contributed by atoms with Gasteiger partial charge in [0.05, 0.1) is 6.10 Å². The molecule has 19 heavy (non-hydrogen) atoms. The second-order valence-corrected chi connectivity index (χ2v) is 5.10. The standard InChI is InChI=1S/C14H23N3O2/c1-10(2)7-13(18)9-16-8-11-3-5-12(6-4-11)14(15)17-19/h3-6,10,13,16,18-19H,7-9H2,1-2H3,(H2,15,17). The quantitative estimate of drug-likeness (QED) is 0.259. The number of amidine groups is 1. The largest absolute Gasteiger partial charge is 0.409 e. The molecule has 1 rings (SSSR count). The summed E-state index contributed by atoms with van der Waals surface area (Å²) in [7, 11) is 0. The summed E-state index contributed by atoms with van der Waals surface area (Å²) in [5, 5.41) is 24.4. The molecule has 1 unspecified atom stereocenters. The Morgan fingerprint density at radius 1 is 1.32 bits per heavy atom. The molecule has 0 saturated carbocycles. The van der Waals surface area contributed by atoms with Crippen LogP contribution in [-0.2, 0) is 6.54 Å². The van der Waals surface area contributed by atoms with Gasteiger partial charge in [0.1, 0.15) is 0 Å². The molecular formula is C14H23N3O2. The van der Waals surface area contributed by atoms with Crippen molar-refractivity contribution in [2.24, 2.45) is 16.8 Å². The Balaban J connectivity index is 2.38. The van der Waals surface area contributed by atoms with Crippen molar-refractivity contribution in [3.05, 3.63) is 35.4 Å². The van der Waals surface area contributed by atoms with Gasteiger partial charge in [-0.3, -0.25) is 0 Å². The molecule has 0 saturated heterocycles. The van der Waals surface area contributed by atoms with Gasteiger partial charge in [-0.15, -0.1) is 0 Å². The van der Waals surface area contributed by atoms with Gasteiger partial charge in [-0.1, -0.05) is 43.3 Å². The highest BCUT2D eigenvalue weighted by atomic mass is 16.4. The first kappa shape index (κ1) is 15.5. The smallest absolute Gasteiger partial charge is 0.170 e. The van der Waals surface area contributed by atoms with Crippen LogP contribution < -0.4 is 11.1 Å². The molecule has 106 valence electrons. The molecule has 0 spiro atoms. The highest BCUT2D eigenvalue weighted by Crippen LogP contribution is 2.06. The van der Waals surface area contributed by atoms with E-state index in [1.807, 2.05) is 12.1 Å². The summed E-state index contributed by atoms with van der Waals surface area (Å²) in [6.45, 7) is 5.45. The van der Waals surface area contributed by atoms with E-state index in [0.29, 0.717) is 24.6 Å². The normalized spacial score (nSPS) is 13.8. The summed E-state index contributed by atoms with van der Waals surface area (Å²) >= 11 is 0. The van der Waals surface area contributed by atoms with Crippen molar-refractivity contribution in [2.45, 2.75) is 32.9 Å². The molecule has 0 aromatic heterocycles. The van der Waals surface area contributed by atoms with Crippen LogP contribution in [0.15, 0.2) is 29.4 Å². The van der Waals surface area contributed by atoms with Crippen molar-refractivity contribution in [3.8, 4) is 0 Å². The summed E-state index contributed by atoms with van der Waals surface area (Å²) in [5.74, 6) is 0.601. The Bertz CT molecular complexity index is 402. The third-order valence-electron chi connectivity index (χ3n) is 2.81. The predicted molar refractivity (Wildman–Crippen MR) is 76.1 cm³/mol. The number of oxime groups is 1. The Morgan fingerprint density at radius 2 is 1.95 bits per heavy atom. The molecule has 1 aromatic carbocycles. The van der Waals surface area contributed by atoms with Gasteiger partial charge in [0.15, 0.2) is 5.84 Å². The number of nitrogens with two attached hydrogens (primary N) is 1. The van der Waals surface area contributed by atoms with Crippen LogP contribution in [0, 0.1) is 5.92 Å². The van der Waals surface area contributed by atoms with Gasteiger partial charge in [-0.25, -0.2) is 0 Å². The van der Waals surface area contributed by atoms with E-state index in [4.69, 9.17) is 10.9 Å². The maximum Gasteiger partial charge on any atom is 0.170 e. The van der Waals surface area contributed by atoms with Gasteiger partial charge < -0.3 is 21.4 Å². The lowest BCUT2D eigenvalue weighted by molar-refractivity contribution is 0.146. The maximum absolute atomic E-state index is 9.72. The van der Waals surface area contributed by atoms with Crippen molar-refractivity contribution >= 4 is 5.84 Å². The van der Waals surface area contributed by atoms with Crippen molar-refractivity contribution in [1.29, 1.82) is 0 Å². The fraction of sp³-hybridized carbons (Fsp3) is 0.500. The predicted octanol–water partition coefficient (Wildman–Crippen LogP) is 1.28. The first-order valence-corrected chi connectivity index (χ1v) is 6.48. The van der Waals surface area contributed by atoms with Gasteiger partial charge in [-0.2, -0.15) is 0 Å². The number of hydrogen-bond donors (Lipinski definition) is 4. The third kappa shape index (κ3) is 5.72. The van der Waals surface area contributed by atoms with Crippen LogP contribution in [0.5, 0.6) is 0 Å². The third-order valence-corrected chi connectivity index (χ3v) is 2.81. The number of benzene rings is 1. The molecule has 0 aliphatic rings. The van der Waals surface area contributed by atoms with Crippen LogP contribution in [-0.4, -0.2) is 28.8 Å². The van der Waals surface area contributed by atoms with Gasteiger partial charge in [0.2, 0.25) is 0 Å². The zero-order valence-corrected chi connectivity index (χ0v) is 11.5. The SMILES string of the molecule is CC(C)CC(O)CNCc1ccc(/C(N)=N/O)cc1. The van der Waals surface area contributed by atoms with Crippen LogP contribution in [0.3, 0.4) is 0 Å². The van der Waals surface area contributed by atoms with Crippen LogP contribution in [0.2, 0.25) is 0 Å². The highest BCUT2D eigenvalue weighted by molar-refractivity contribution is 5.96. The highest BCUT2D eigenvalue weighted by Gasteiger charge is 2.06. The van der Waals surface area contributed by atoms with Gasteiger partial charge in [0.25, 0.3) is 0 Å². The Hall–Kier alpha value is -1.59. The fourth-order valence-corrected chi connectivity index (χ4v) is 1.86. The summed E-state index contributed by atoms with van der Waals surface area (Å²) in [6.07, 6.45) is 0.492. The summed E-state index contributed by atoms with van der Waals surface area (Å²) < 4.78 is 0. The lowest BCUT2D eigenvalue weighted by atomic mass is 10.1. The molecule has 0 fully saturated rings. The minimum Gasteiger partial charge on any atom is -0.409 e. The Kier molecular flexibility index (Phi) is 6.32. The molecule has 5 heteroatoms. The van der Waals surface area contributed by atoms with E-state index in [1.165, 1.54) is 0 Å². The van der Waals surface area contributed by atoms with E-state index in [-0.39, 0.29) is 11.9 Å². The Morgan fingerprint density at radius 3 is 2.47 bits per heavy atom. The molecule has 0 radical (unpaired) electrons. The molecule has 0 bridgehead atoms. The van der Waals surface area contributed by atoms with Crippen molar-refractivity contribution < 1.29 is 10.3 Å². The minimum atomic E-state index is -0.309. The zero-order valence-electron chi connectivity index (χ0n) is 11.5. The van der Waals surface area contributed by atoms with Gasteiger partial charge >= 0.3 is 0 Å². The summed E-state index contributed by atoms with van der Waals surface area (Å²) in [4.78, 5) is 0. The zero-order chi connectivity index (χ0) is 14.3. The monoisotopic (exact) mass is 265 g/mol. The van der Waals surface area contributed by atoms with E-state index >= 15 is 0 Å². The molecule has 5 N–H and O–H groups in total. The van der Waals surface area contributed by atoms with Crippen LogP contribution in [0.25, 0.3) is 0 Å². The fourth-order valence-electron chi connectivity index (χ4n) is 1.86. The second kappa shape index (κ2) is 7.76. The average Bonchev–Trinajstić information content (AvgIpc) is 2.37. The number of aliphatic hydroxyl groups is 1. The van der Waals surface area contributed by atoms with E-state index in [0.717, 1.165) is 12.0 Å². The van der Waals surface area contributed by atoms with Gasteiger partial charge in [-0.05, 0) is 17.9 Å². The number of hydrogen-bond acceptors (Lipinski definition) is 4. The average molecular weight is 265 g/mol. The van der Waals surface area contributed by atoms with Crippen molar-refractivity contribution in [2.75, 3.05) is 6.54 Å².